The molecule has 1 aliphatic rings. The number of nitrogens with two attached hydrogens (primary N) is 1. The first-order valence-corrected chi connectivity index (χ1v) is 14.6. The molecule has 1 fully saturated rings. The van der Waals surface area contributed by atoms with Gasteiger partial charge in [0.25, 0.3) is 5.91 Å². The van der Waals surface area contributed by atoms with Gasteiger partial charge in [-0.25, -0.2) is 4.98 Å². The number of hydrogen-bond donors (Lipinski definition) is 2. The highest BCUT2D eigenvalue weighted by Crippen LogP contribution is 2.34. The van der Waals surface area contributed by atoms with Crippen LogP contribution in [-0.4, -0.2) is 59.9 Å². The number of anilines is 2. The molecule has 0 saturated carbocycles. The third-order valence-corrected chi connectivity index (χ3v) is 8.14. The molecule has 44 heavy (non-hydrogen) atoms. The van der Waals surface area contributed by atoms with Gasteiger partial charge in [-0.2, -0.15) is 9.97 Å². The minimum atomic E-state index is -0.0754. The van der Waals surface area contributed by atoms with Crippen molar-refractivity contribution in [3.63, 3.8) is 0 Å². The van der Waals surface area contributed by atoms with Crippen molar-refractivity contribution in [2.45, 2.75) is 26.7 Å². The van der Waals surface area contributed by atoms with Crippen LogP contribution in [0.4, 0.5) is 11.8 Å². The van der Waals surface area contributed by atoms with E-state index in [2.05, 4.69) is 25.3 Å². The lowest BCUT2D eigenvalue weighted by Gasteiger charge is -2.32. The van der Waals surface area contributed by atoms with Gasteiger partial charge in [0, 0.05) is 49.1 Å². The van der Waals surface area contributed by atoms with Crippen LogP contribution in [-0.2, 0) is 0 Å². The van der Waals surface area contributed by atoms with Crippen molar-refractivity contribution in [1.82, 2.24) is 25.4 Å². The number of nitrogens with one attached hydrogen (secondary N) is 1. The number of carbonyl (C=O) groups is 1. The van der Waals surface area contributed by atoms with Crippen LogP contribution in [0.15, 0.2) is 59.1 Å². The number of amides is 1. The predicted octanol–water partition coefficient (Wildman–Crippen LogP) is 5.21. The van der Waals surface area contributed by atoms with Gasteiger partial charge in [0.2, 0.25) is 17.7 Å². The maximum Gasteiger partial charge on any atom is 0.251 e. The normalized spacial score (nSPS) is 13.7. The molecule has 1 amide bonds. The van der Waals surface area contributed by atoms with Crippen molar-refractivity contribution < 1.29 is 18.8 Å². The topological polar surface area (TPSA) is 142 Å². The third-order valence-electron chi connectivity index (χ3n) is 8.14. The molecule has 3 N–H and O–H groups in total. The molecule has 11 heteroatoms. The minimum Gasteiger partial charge on any atom is -0.493 e. The van der Waals surface area contributed by atoms with E-state index in [-0.39, 0.29) is 5.91 Å². The first kappa shape index (κ1) is 28.9. The minimum absolute atomic E-state index is 0.0754. The predicted molar refractivity (Wildman–Crippen MR) is 169 cm³/mol. The summed E-state index contributed by atoms with van der Waals surface area (Å²) in [7, 11) is 3.18. The number of rotatable bonds is 8. The van der Waals surface area contributed by atoms with E-state index in [1.807, 2.05) is 55.5 Å². The summed E-state index contributed by atoms with van der Waals surface area (Å²) in [6.07, 6.45) is 1.82. The van der Waals surface area contributed by atoms with Crippen LogP contribution < -0.4 is 25.4 Å². The Bertz CT molecular complexity index is 1810. The fourth-order valence-electron chi connectivity index (χ4n) is 5.63. The Kier molecular flexibility index (Phi) is 8.01. The molecule has 0 aliphatic carbocycles. The van der Waals surface area contributed by atoms with Gasteiger partial charge < -0.3 is 29.9 Å². The largest absolute Gasteiger partial charge is 0.493 e. The van der Waals surface area contributed by atoms with E-state index in [1.165, 1.54) is 0 Å². The summed E-state index contributed by atoms with van der Waals surface area (Å²) < 4.78 is 15.9. The molecule has 6 rings (SSSR count). The zero-order valence-corrected chi connectivity index (χ0v) is 25.3. The summed E-state index contributed by atoms with van der Waals surface area (Å²) in [4.78, 5) is 28.7. The number of aryl methyl sites for hydroxylation is 2. The summed E-state index contributed by atoms with van der Waals surface area (Å²) in [6, 6.07) is 17.4. The first-order chi connectivity index (χ1) is 21.3. The van der Waals surface area contributed by atoms with Gasteiger partial charge in [-0.05, 0) is 66.6 Å². The highest BCUT2D eigenvalue weighted by Gasteiger charge is 2.23. The lowest BCUT2D eigenvalue weighted by molar-refractivity contribution is 0.0945. The molecule has 0 bridgehead atoms. The maximum atomic E-state index is 13.0. The molecule has 226 valence electrons. The van der Waals surface area contributed by atoms with Crippen LogP contribution in [0.5, 0.6) is 11.5 Å². The number of benzene rings is 3. The Hall–Kier alpha value is -5.19. The molecule has 0 unspecified atom stereocenters. The van der Waals surface area contributed by atoms with Crippen LogP contribution >= 0.6 is 0 Å². The average Bonchev–Trinajstić information content (AvgIpc) is 3.49. The zero-order chi connectivity index (χ0) is 30.8. The van der Waals surface area contributed by atoms with Crippen LogP contribution in [0.3, 0.4) is 0 Å². The Labute approximate surface area is 255 Å². The van der Waals surface area contributed by atoms with Gasteiger partial charge in [0.05, 0.1) is 19.7 Å². The number of carbonyl (C=O) groups excluding carboxylic acids is 1. The van der Waals surface area contributed by atoms with Gasteiger partial charge in [-0.3, -0.25) is 4.79 Å². The third kappa shape index (κ3) is 5.85. The Balaban J connectivity index is 1.04. The lowest BCUT2D eigenvalue weighted by atomic mass is 9.96. The first-order valence-electron chi connectivity index (χ1n) is 14.6. The van der Waals surface area contributed by atoms with Gasteiger partial charge in [0.1, 0.15) is 5.82 Å². The van der Waals surface area contributed by atoms with Crippen LogP contribution in [0.1, 0.15) is 34.7 Å². The van der Waals surface area contributed by atoms with E-state index >= 15 is 0 Å². The highest BCUT2D eigenvalue weighted by molar-refractivity contribution is 5.95. The van der Waals surface area contributed by atoms with Crippen LogP contribution in [0.25, 0.3) is 33.4 Å². The van der Waals surface area contributed by atoms with Crippen molar-refractivity contribution in [2.75, 3.05) is 44.5 Å². The molecular formula is C33H35N7O4. The van der Waals surface area contributed by atoms with Crippen molar-refractivity contribution in [2.24, 2.45) is 5.92 Å². The Morgan fingerprint density at radius 3 is 2.32 bits per heavy atom. The zero-order valence-electron chi connectivity index (χ0n) is 25.3. The molecule has 3 aromatic carbocycles. The smallest absolute Gasteiger partial charge is 0.251 e. The molecule has 1 saturated heterocycles. The number of nitrogens with zero attached hydrogens (tertiary/aromatic N) is 5. The van der Waals surface area contributed by atoms with Crippen LogP contribution in [0, 0.1) is 19.8 Å². The molecular weight excluding hydrogens is 558 g/mol. The van der Waals surface area contributed by atoms with E-state index in [0.717, 1.165) is 53.6 Å². The summed E-state index contributed by atoms with van der Waals surface area (Å²) in [5.41, 5.74) is 11.7. The quantitative estimate of drug-likeness (QED) is 0.246. The van der Waals surface area contributed by atoms with E-state index < -0.39 is 0 Å². The second-order valence-electron chi connectivity index (χ2n) is 11.0. The van der Waals surface area contributed by atoms with Crippen molar-refractivity contribution >= 4 is 28.6 Å². The van der Waals surface area contributed by atoms with E-state index in [0.29, 0.717) is 58.5 Å². The van der Waals surface area contributed by atoms with Gasteiger partial charge >= 0.3 is 0 Å². The molecule has 0 radical (unpaired) electrons. The number of piperidine rings is 1. The van der Waals surface area contributed by atoms with Crippen molar-refractivity contribution in [1.29, 1.82) is 0 Å². The molecule has 11 nitrogen and oxygen atoms in total. The molecule has 3 heterocycles. The van der Waals surface area contributed by atoms with Crippen molar-refractivity contribution in [3.05, 3.63) is 71.6 Å². The maximum absolute atomic E-state index is 13.0. The van der Waals surface area contributed by atoms with E-state index in [9.17, 15) is 4.79 Å². The summed E-state index contributed by atoms with van der Waals surface area (Å²) in [5.74, 6) is 3.56. The fourth-order valence-corrected chi connectivity index (χ4v) is 5.63. The Morgan fingerprint density at radius 1 is 0.955 bits per heavy atom. The van der Waals surface area contributed by atoms with Gasteiger partial charge in [-0.1, -0.05) is 29.4 Å². The summed E-state index contributed by atoms with van der Waals surface area (Å²) in [6.45, 7) is 5.99. The summed E-state index contributed by atoms with van der Waals surface area (Å²) >= 11 is 0. The molecule has 5 aromatic rings. The number of methoxy groups -OCH3 is 2. The second-order valence-corrected chi connectivity index (χ2v) is 11.0. The Morgan fingerprint density at radius 2 is 1.66 bits per heavy atom. The second kappa shape index (κ2) is 12.2. The number of hydrogen-bond acceptors (Lipinski definition) is 10. The molecule has 1 aliphatic heterocycles. The number of aromatic nitrogens is 4. The molecule has 0 atom stereocenters. The lowest BCUT2D eigenvalue weighted by Crippen LogP contribution is -2.39. The van der Waals surface area contributed by atoms with Gasteiger partial charge in [0.15, 0.2) is 11.5 Å². The molecule has 0 spiro atoms. The standard InChI is InChI=1S/C33H35N7O4/c1-19-15-24(31-36-20(2)44-39-31)9-10-25(19)22-5-7-23(8-6-22)32(41)35-18-21-11-13-40(14-12-21)33-37-27-17-29(43-4)28(42-3)16-26(27)30(34)38-33/h5-10,15-17,21H,11-14,18H2,1-4H3,(H,35,41)(H2,34,37,38). The number of ether oxygens (including phenoxy) is 2. The number of nitrogen functional groups attached to an aromatic ring is 1. The average molecular weight is 594 g/mol. The monoisotopic (exact) mass is 593 g/mol. The SMILES string of the molecule is COc1cc2nc(N3CCC(CNC(=O)c4ccc(-c5ccc(-c6noc(C)n6)cc5C)cc4)CC3)nc(N)c2cc1OC. The van der Waals surface area contributed by atoms with Gasteiger partial charge in [-0.15, -0.1) is 0 Å². The summed E-state index contributed by atoms with van der Waals surface area (Å²) in [5, 5.41) is 7.85. The number of fused-ring (bicyclic) bond motifs is 1. The fraction of sp³-hybridized carbons (Fsp3) is 0.303. The van der Waals surface area contributed by atoms with Crippen LogP contribution in [0.2, 0.25) is 0 Å². The van der Waals surface area contributed by atoms with E-state index in [1.54, 1.807) is 27.2 Å². The highest BCUT2D eigenvalue weighted by atomic mass is 16.5. The van der Waals surface area contributed by atoms with E-state index in [4.69, 9.17) is 24.7 Å². The van der Waals surface area contributed by atoms with Crippen molar-refractivity contribution in [3.8, 4) is 34.0 Å². The molecule has 2 aromatic heterocycles.